The van der Waals surface area contributed by atoms with E-state index in [-0.39, 0.29) is 5.69 Å². The average Bonchev–Trinajstić information content (AvgIpc) is 2.79. The Labute approximate surface area is 106 Å². The predicted octanol–water partition coefficient (Wildman–Crippen LogP) is 1.33. The molecule has 0 radical (unpaired) electrons. The van der Waals surface area contributed by atoms with E-state index in [2.05, 4.69) is 10.3 Å². The van der Waals surface area contributed by atoms with E-state index in [4.69, 9.17) is 0 Å². The van der Waals surface area contributed by atoms with Gasteiger partial charge in [0.25, 0.3) is 5.91 Å². The van der Waals surface area contributed by atoms with Gasteiger partial charge in [-0.1, -0.05) is 0 Å². The number of imidazole rings is 1. The van der Waals surface area contributed by atoms with Gasteiger partial charge < -0.3 is 15.2 Å². The second-order valence-corrected chi connectivity index (χ2v) is 4.17. The number of nitrogens with one attached hydrogen (secondary N) is 2. The molecular formula is C10H12F4N4O. The first-order valence-corrected chi connectivity index (χ1v) is 5.65. The van der Waals surface area contributed by atoms with E-state index in [9.17, 15) is 22.4 Å². The monoisotopic (exact) mass is 280 g/mol. The average molecular weight is 280 g/mol. The van der Waals surface area contributed by atoms with Crippen LogP contribution < -0.4 is 10.6 Å². The molecule has 0 bridgehead atoms. The number of hydrogen-bond donors (Lipinski definition) is 2. The molecule has 0 fully saturated rings. The Balaban J connectivity index is 1.99. The molecule has 0 atom stereocenters. The molecule has 0 unspecified atom stereocenters. The molecule has 0 saturated carbocycles. The van der Waals surface area contributed by atoms with Crippen LogP contribution in [0.25, 0.3) is 0 Å². The molecule has 1 amide bonds. The summed E-state index contributed by atoms with van der Waals surface area (Å²) in [5, 5.41) is 4.69. The Hall–Kier alpha value is -1.80. The van der Waals surface area contributed by atoms with Crippen molar-refractivity contribution in [2.24, 2.45) is 0 Å². The summed E-state index contributed by atoms with van der Waals surface area (Å²) in [4.78, 5) is 15.4. The van der Waals surface area contributed by atoms with Crippen molar-refractivity contribution in [3.8, 4) is 0 Å². The molecule has 9 heteroatoms. The van der Waals surface area contributed by atoms with Crippen molar-refractivity contribution < 1.29 is 22.4 Å². The Bertz CT molecular complexity index is 451. The van der Waals surface area contributed by atoms with Gasteiger partial charge in [-0.2, -0.15) is 8.78 Å². The number of carbonyl (C=O) groups excluding carboxylic acids is 1. The molecule has 0 aromatic carbocycles. The third-order valence-corrected chi connectivity index (χ3v) is 2.67. The minimum atomic E-state index is -4.24. The van der Waals surface area contributed by atoms with Gasteiger partial charge in [0.15, 0.2) is 0 Å². The van der Waals surface area contributed by atoms with Gasteiger partial charge in [0, 0.05) is 19.3 Å². The molecule has 1 aliphatic heterocycles. The highest BCUT2D eigenvalue weighted by atomic mass is 19.3. The topological polar surface area (TPSA) is 59.0 Å². The first-order chi connectivity index (χ1) is 8.90. The summed E-state index contributed by atoms with van der Waals surface area (Å²) >= 11 is 0. The standard InChI is InChI=1S/C10H12F4N4O/c11-8(12)10(13,14)5-16-7(19)6-4-18-3-1-2-15-9(18)17-6/h4,8H,1-3,5H2,(H,15,17)(H,16,19). The number of rotatable bonds is 4. The molecule has 2 heterocycles. The SMILES string of the molecule is O=C(NCC(F)(F)C(F)F)c1cn2c(n1)NCCC2. The first-order valence-electron chi connectivity index (χ1n) is 5.65. The largest absolute Gasteiger partial charge is 0.356 e. The Morgan fingerprint density at radius 3 is 2.95 bits per heavy atom. The van der Waals surface area contributed by atoms with Crippen molar-refractivity contribution in [3.63, 3.8) is 0 Å². The predicted molar refractivity (Wildman–Crippen MR) is 58.6 cm³/mol. The number of carbonyl (C=O) groups is 1. The molecule has 0 spiro atoms. The van der Waals surface area contributed by atoms with Crippen LogP contribution in [0.2, 0.25) is 0 Å². The fourth-order valence-electron chi connectivity index (χ4n) is 1.65. The normalized spacial score (nSPS) is 15.0. The fraction of sp³-hybridized carbons (Fsp3) is 0.600. The van der Waals surface area contributed by atoms with E-state index < -0.39 is 24.8 Å². The van der Waals surface area contributed by atoms with Crippen LogP contribution in [0, 0.1) is 0 Å². The first kappa shape index (κ1) is 13.6. The summed E-state index contributed by atoms with van der Waals surface area (Å²) in [6.45, 7) is -0.0452. The maximum Gasteiger partial charge on any atom is 0.324 e. The second-order valence-electron chi connectivity index (χ2n) is 4.17. The lowest BCUT2D eigenvalue weighted by Crippen LogP contribution is -2.41. The number of fused-ring (bicyclic) bond motifs is 1. The van der Waals surface area contributed by atoms with Gasteiger partial charge in [-0.3, -0.25) is 4.79 Å². The number of alkyl halides is 4. The van der Waals surface area contributed by atoms with Gasteiger partial charge in [-0.15, -0.1) is 0 Å². The zero-order valence-corrected chi connectivity index (χ0v) is 9.80. The highest BCUT2D eigenvalue weighted by molar-refractivity contribution is 5.92. The highest BCUT2D eigenvalue weighted by Gasteiger charge is 2.41. The van der Waals surface area contributed by atoms with Crippen LogP contribution in [0.5, 0.6) is 0 Å². The number of amides is 1. The van der Waals surface area contributed by atoms with Crippen LogP contribution in [0.15, 0.2) is 6.20 Å². The van der Waals surface area contributed by atoms with E-state index in [1.165, 1.54) is 6.20 Å². The van der Waals surface area contributed by atoms with Crippen molar-refractivity contribution >= 4 is 11.9 Å². The molecule has 0 saturated heterocycles. The Kier molecular flexibility index (Phi) is 3.63. The molecule has 5 nitrogen and oxygen atoms in total. The van der Waals surface area contributed by atoms with Gasteiger partial charge in [-0.25, -0.2) is 13.8 Å². The van der Waals surface area contributed by atoms with Crippen molar-refractivity contribution in [1.82, 2.24) is 14.9 Å². The maximum atomic E-state index is 12.6. The highest BCUT2D eigenvalue weighted by Crippen LogP contribution is 2.21. The molecule has 106 valence electrons. The van der Waals surface area contributed by atoms with Gasteiger partial charge in [0.05, 0.1) is 6.54 Å². The lowest BCUT2D eigenvalue weighted by molar-refractivity contribution is -0.123. The molecule has 1 aromatic rings. The maximum absolute atomic E-state index is 12.6. The lowest BCUT2D eigenvalue weighted by Gasteiger charge is -2.15. The summed E-state index contributed by atoms with van der Waals surface area (Å²) in [7, 11) is 0. The van der Waals surface area contributed by atoms with Gasteiger partial charge >= 0.3 is 12.3 Å². The zero-order valence-electron chi connectivity index (χ0n) is 9.80. The number of anilines is 1. The summed E-state index contributed by atoms with van der Waals surface area (Å²) in [5.41, 5.74) is -0.0746. The van der Waals surface area contributed by atoms with Crippen LogP contribution in [0.1, 0.15) is 16.9 Å². The van der Waals surface area contributed by atoms with Crippen LogP contribution in [-0.4, -0.2) is 40.9 Å². The van der Waals surface area contributed by atoms with E-state index in [0.29, 0.717) is 19.0 Å². The summed E-state index contributed by atoms with van der Waals surface area (Å²) < 4.78 is 50.8. The zero-order chi connectivity index (χ0) is 14.0. The Morgan fingerprint density at radius 2 is 2.32 bits per heavy atom. The second kappa shape index (κ2) is 5.06. The van der Waals surface area contributed by atoms with Crippen molar-refractivity contribution in [2.45, 2.75) is 25.3 Å². The minimum absolute atomic E-state index is 0.0746. The molecule has 2 rings (SSSR count). The minimum Gasteiger partial charge on any atom is -0.356 e. The van der Waals surface area contributed by atoms with Crippen LogP contribution in [-0.2, 0) is 6.54 Å². The quantitative estimate of drug-likeness (QED) is 0.818. The van der Waals surface area contributed by atoms with Crippen LogP contribution in [0.3, 0.4) is 0 Å². The number of aryl methyl sites for hydroxylation is 1. The van der Waals surface area contributed by atoms with E-state index in [0.717, 1.165) is 6.42 Å². The third-order valence-electron chi connectivity index (χ3n) is 2.67. The summed E-state index contributed by atoms with van der Waals surface area (Å²) in [6, 6.07) is 0. The molecular weight excluding hydrogens is 268 g/mol. The van der Waals surface area contributed by atoms with Crippen molar-refractivity contribution in [2.75, 3.05) is 18.4 Å². The molecule has 19 heavy (non-hydrogen) atoms. The van der Waals surface area contributed by atoms with E-state index in [1.54, 1.807) is 9.88 Å². The van der Waals surface area contributed by atoms with E-state index >= 15 is 0 Å². The summed E-state index contributed by atoms with van der Waals surface area (Å²) in [5.74, 6) is -4.67. The molecule has 1 aliphatic rings. The number of halogens is 4. The molecule has 1 aromatic heterocycles. The Morgan fingerprint density at radius 1 is 1.58 bits per heavy atom. The van der Waals surface area contributed by atoms with Gasteiger partial charge in [-0.05, 0) is 6.42 Å². The number of nitrogens with zero attached hydrogens (tertiary/aromatic N) is 2. The molecule has 0 aliphatic carbocycles. The van der Waals surface area contributed by atoms with Crippen molar-refractivity contribution in [3.05, 3.63) is 11.9 Å². The lowest BCUT2D eigenvalue weighted by atomic mass is 10.3. The van der Waals surface area contributed by atoms with Crippen LogP contribution in [0.4, 0.5) is 23.5 Å². The van der Waals surface area contributed by atoms with Gasteiger partial charge in [0.1, 0.15) is 5.69 Å². The smallest absolute Gasteiger partial charge is 0.324 e. The fourth-order valence-corrected chi connectivity index (χ4v) is 1.65. The van der Waals surface area contributed by atoms with Gasteiger partial charge in [0.2, 0.25) is 5.95 Å². The number of aromatic nitrogens is 2. The third kappa shape index (κ3) is 2.96. The number of hydrogen-bond acceptors (Lipinski definition) is 3. The van der Waals surface area contributed by atoms with Crippen LogP contribution >= 0.6 is 0 Å². The van der Waals surface area contributed by atoms with Crippen molar-refractivity contribution in [1.29, 1.82) is 0 Å². The van der Waals surface area contributed by atoms with E-state index in [1.807, 2.05) is 0 Å². The molecule has 2 N–H and O–H groups in total. The summed E-state index contributed by atoms with van der Waals surface area (Å²) in [6.07, 6.45) is -1.56.